The van der Waals surface area contributed by atoms with Crippen LogP contribution in [0.25, 0.3) is 10.9 Å². The molecule has 2 aromatic carbocycles. The molecule has 0 bridgehead atoms. The Bertz CT molecular complexity index is 1170. The maximum atomic E-state index is 14.3. The molecule has 0 radical (unpaired) electrons. The minimum Gasteiger partial charge on any atom is -0.382 e. The molecule has 1 aliphatic carbocycles. The van der Waals surface area contributed by atoms with Crippen molar-refractivity contribution in [1.29, 1.82) is 0 Å². The van der Waals surface area contributed by atoms with Gasteiger partial charge in [0.05, 0.1) is 5.54 Å². The Morgan fingerprint density at radius 2 is 1.94 bits per heavy atom. The minimum atomic E-state index is -0.462. The van der Waals surface area contributed by atoms with Gasteiger partial charge in [-0.3, -0.25) is 9.78 Å². The predicted molar refractivity (Wildman–Crippen MR) is 125 cm³/mol. The van der Waals surface area contributed by atoms with Crippen LogP contribution in [0.1, 0.15) is 47.2 Å². The Kier molecular flexibility index (Phi) is 5.33. The second-order valence-electron chi connectivity index (χ2n) is 9.28. The Morgan fingerprint density at radius 3 is 2.69 bits per heavy atom. The lowest BCUT2D eigenvalue weighted by Gasteiger charge is -2.30. The van der Waals surface area contributed by atoms with Gasteiger partial charge in [-0.25, -0.2) is 4.39 Å². The lowest BCUT2D eigenvalue weighted by atomic mass is 9.97. The van der Waals surface area contributed by atoms with E-state index in [-0.39, 0.29) is 11.7 Å². The molecule has 5 rings (SSSR count). The summed E-state index contributed by atoms with van der Waals surface area (Å²) in [5.74, 6) is -0.427. The summed E-state index contributed by atoms with van der Waals surface area (Å²) in [6, 6.07) is 13.4. The van der Waals surface area contributed by atoms with E-state index in [2.05, 4.69) is 33.6 Å². The normalized spacial score (nSPS) is 18.5. The topological polar surface area (TPSA) is 57.3 Å². The lowest BCUT2D eigenvalue weighted by Crippen LogP contribution is -2.37. The molecule has 5 nitrogen and oxygen atoms in total. The quantitative estimate of drug-likeness (QED) is 0.618. The van der Waals surface area contributed by atoms with Gasteiger partial charge in [-0.15, -0.1) is 0 Å². The number of fused-ring (bicyclic) bond motifs is 1. The van der Waals surface area contributed by atoms with Crippen LogP contribution in [0, 0.1) is 12.7 Å². The van der Waals surface area contributed by atoms with Gasteiger partial charge in [0.25, 0.3) is 5.91 Å². The number of aryl methyl sites for hydroxylation is 1. The van der Waals surface area contributed by atoms with E-state index >= 15 is 0 Å². The highest BCUT2D eigenvalue weighted by molar-refractivity contribution is 5.98. The molecule has 2 aliphatic rings. The van der Waals surface area contributed by atoms with E-state index in [9.17, 15) is 9.18 Å². The Balaban J connectivity index is 1.38. The summed E-state index contributed by atoms with van der Waals surface area (Å²) >= 11 is 0. The van der Waals surface area contributed by atoms with Crippen molar-refractivity contribution in [2.75, 3.05) is 25.5 Å². The molecule has 6 heteroatoms. The first-order valence-electron chi connectivity index (χ1n) is 11.4. The van der Waals surface area contributed by atoms with E-state index < -0.39 is 5.54 Å². The molecule has 1 saturated carbocycles. The number of rotatable bonds is 5. The number of piperidine rings is 1. The maximum Gasteiger partial charge on any atom is 0.252 e. The van der Waals surface area contributed by atoms with Crippen molar-refractivity contribution in [2.24, 2.45) is 0 Å². The number of carbonyl (C=O) groups excluding carboxylic acids is 1. The predicted octanol–water partition coefficient (Wildman–Crippen LogP) is 4.61. The van der Waals surface area contributed by atoms with Gasteiger partial charge in [0.15, 0.2) is 0 Å². The molecule has 166 valence electrons. The van der Waals surface area contributed by atoms with Crippen molar-refractivity contribution < 1.29 is 9.18 Å². The number of carbonyl (C=O) groups is 1. The monoisotopic (exact) mass is 432 g/mol. The Labute approximate surface area is 188 Å². The average Bonchev–Trinajstić information content (AvgIpc) is 3.57. The van der Waals surface area contributed by atoms with Crippen molar-refractivity contribution in [1.82, 2.24) is 15.2 Å². The van der Waals surface area contributed by atoms with Crippen LogP contribution in [0.15, 0.2) is 48.7 Å². The van der Waals surface area contributed by atoms with E-state index in [1.54, 1.807) is 12.3 Å². The smallest absolute Gasteiger partial charge is 0.252 e. The standard InChI is InChI=1S/C26H29FN4O/c1-17-5-6-19(29-18-9-14-31(2)15-10-18)16-21(17)25(32)30-26(11-12-26)22-7-8-23(27)24-20(22)4-3-13-28-24/h3-8,13,16,18,29H,9-12,14-15H2,1-2H3,(H,30,32). The molecule has 0 unspecified atom stereocenters. The van der Waals surface area contributed by atoms with Crippen molar-refractivity contribution >= 4 is 22.5 Å². The first-order valence-corrected chi connectivity index (χ1v) is 11.4. The number of benzene rings is 2. The number of aromatic nitrogens is 1. The number of nitrogens with zero attached hydrogens (tertiary/aromatic N) is 2. The van der Waals surface area contributed by atoms with Crippen molar-refractivity contribution in [2.45, 2.75) is 44.2 Å². The Morgan fingerprint density at radius 1 is 1.16 bits per heavy atom. The van der Waals surface area contributed by atoms with Gasteiger partial charge in [-0.2, -0.15) is 0 Å². The number of likely N-dealkylation sites (tertiary alicyclic amines) is 1. The van der Waals surface area contributed by atoms with Crippen LogP contribution in [0.4, 0.5) is 10.1 Å². The number of amides is 1. The Hall–Kier alpha value is -2.99. The first kappa shape index (κ1) is 20.9. The molecule has 32 heavy (non-hydrogen) atoms. The second kappa shape index (κ2) is 8.17. The van der Waals surface area contributed by atoms with Crippen LogP contribution in [-0.4, -0.2) is 42.0 Å². The summed E-state index contributed by atoms with van der Waals surface area (Å²) in [6.07, 6.45) is 5.46. The summed E-state index contributed by atoms with van der Waals surface area (Å²) in [6.45, 7) is 4.13. The number of anilines is 1. The highest BCUT2D eigenvalue weighted by atomic mass is 19.1. The molecule has 2 N–H and O–H groups in total. The van der Waals surface area contributed by atoms with Crippen molar-refractivity contribution in [3.63, 3.8) is 0 Å². The van der Waals surface area contributed by atoms with Crippen LogP contribution >= 0.6 is 0 Å². The third-order valence-corrected chi connectivity index (χ3v) is 6.91. The zero-order valence-electron chi connectivity index (χ0n) is 18.6. The van der Waals surface area contributed by atoms with E-state index in [0.717, 1.165) is 61.0 Å². The second-order valence-corrected chi connectivity index (χ2v) is 9.28. The van der Waals surface area contributed by atoms with Gasteiger partial charge in [0.1, 0.15) is 11.3 Å². The van der Waals surface area contributed by atoms with Crippen LogP contribution in [-0.2, 0) is 5.54 Å². The van der Waals surface area contributed by atoms with Gasteiger partial charge < -0.3 is 15.5 Å². The van der Waals surface area contributed by atoms with E-state index in [1.165, 1.54) is 6.07 Å². The van der Waals surface area contributed by atoms with Crippen LogP contribution in [0.3, 0.4) is 0 Å². The molecule has 3 aromatic rings. The molecule has 1 aliphatic heterocycles. The fourth-order valence-electron chi connectivity index (χ4n) is 4.77. The van der Waals surface area contributed by atoms with Gasteiger partial charge in [0.2, 0.25) is 0 Å². The van der Waals surface area contributed by atoms with E-state index in [0.29, 0.717) is 17.1 Å². The van der Waals surface area contributed by atoms with Gasteiger partial charge in [-0.05, 0) is 88.1 Å². The third kappa shape index (κ3) is 3.95. The summed E-state index contributed by atoms with van der Waals surface area (Å²) in [5.41, 5.74) is 3.43. The zero-order valence-corrected chi connectivity index (χ0v) is 18.6. The number of hydrogen-bond donors (Lipinski definition) is 2. The lowest BCUT2D eigenvalue weighted by molar-refractivity contribution is 0.0930. The van der Waals surface area contributed by atoms with Gasteiger partial charge in [0, 0.05) is 28.9 Å². The molecule has 1 saturated heterocycles. The van der Waals surface area contributed by atoms with E-state index in [4.69, 9.17) is 0 Å². The van der Waals surface area contributed by atoms with Crippen molar-refractivity contribution in [3.05, 3.63) is 71.2 Å². The summed E-state index contributed by atoms with van der Waals surface area (Å²) in [5, 5.41) is 7.64. The highest BCUT2D eigenvalue weighted by Gasteiger charge is 2.47. The largest absolute Gasteiger partial charge is 0.382 e. The number of halogens is 1. The fourth-order valence-corrected chi connectivity index (χ4v) is 4.77. The maximum absolute atomic E-state index is 14.3. The van der Waals surface area contributed by atoms with Crippen molar-refractivity contribution in [3.8, 4) is 0 Å². The van der Waals surface area contributed by atoms with Gasteiger partial charge >= 0.3 is 0 Å². The molecule has 2 heterocycles. The molecule has 0 spiro atoms. The summed E-state index contributed by atoms with van der Waals surface area (Å²) in [7, 11) is 2.15. The molecule has 2 fully saturated rings. The highest BCUT2D eigenvalue weighted by Crippen LogP contribution is 2.48. The number of hydrogen-bond acceptors (Lipinski definition) is 4. The third-order valence-electron chi connectivity index (χ3n) is 6.91. The summed E-state index contributed by atoms with van der Waals surface area (Å²) < 4.78 is 14.3. The number of nitrogens with one attached hydrogen (secondary N) is 2. The van der Waals surface area contributed by atoms with Gasteiger partial charge in [-0.1, -0.05) is 18.2 Å². The van der Waals surface area contributed by atoms with Crippen LogP contribution in [0.5, 0.6) is 0 Å². The molecule has 1 aromatic heterocycles. The van der Waals surface area contributed by atoms with E-state index in [1.807, 2.05) is 31.2 Å². The van der Waals surface area contributed by atoms with Crippen LogP contribution < -0.4 is 10.6 Å². The average molecular weight is 433 g/mol. The fraction of sp³-hybridized carbons (Fsp3) is 0.385. The molecular weight excluding hydrogens is 403 g/mol. The first-order chi connectivity index (χ1) is 15.4. The molecule has 1 amide bonds. The SMILES string of the molecule is Cc1ccc(NC2CCN(C)CC2)cc1C(=O)NC1(c2ccc(F)c3ncccc23)CC1. The summed E-state index contributed by atoms with van der Waals surface area (Å²) in [4.78, 5) is 19.9. The zero-order chi connectivity index (χ0) is 22.3. The minimum absolute atomic E-state index is 0.0895. The molecule has 0 atom stereocenters. The van der Waals surface area contributed by atoms with Crippen LogP contribution in [0.2, 0.25) is 0 Å². The number of pyridine rings is 1. The molecular formula is C26H29FN4O.